The first-order valence-corrected chi connectivity index (χ1v) is 10.8. The number of fused-ring (bicyclic) bond motifs is 3. The van der Waals surface area contributed by atoms with Crippen LogP contribution in [0.15, 0.2) is 66.7 Å². The highest BCUT2D eigenvalue weighted by Gasteiger charge is 2.53. The number of hydrogen-bond acceptors (Lipinski definition) is 2. The molecule has 30 heavy (non-hydrogen) atoms. The number of rotatable bonds is 2. The van der Waals surface area contributed by atoms with Crippen LogP contribution in [0, 0.1) is 0 Å². The average Bonchev–Trinajstić information content (AvgIpc) is 3.08. The Bertz CT molecular complexity index is 1110. The van der Waals surface area contributed by atoms with Gasteiger partial charge >= 0.3 is 7.12 Å². The van der Waals surface area contributed by atoms with Gasteiger partial charge in [0.1, 0.15) is 0 Å². The van der Waals surface area contributed by atoms with Crippen LogP contribution >= 0.6 is 0 Å². The Morgan fingerprint density at radius 2 is 1.10 bits per heavy atom. The van der Waals surface area contributed by atoms with Crippen molar-refractivity contribution in [2.75, 3.05) is 0 Å². The van der Waals surface area contributed by atoms with Crippen LogP contribution < -0.4 is 5.46 Å². The fourth-order valence-corrected chi connectivity index (χ4v) is 5.09. The topological polar surface area (TPSA) is 18.5 Å². The van der Waals surface area contributed by atoms with E-state index in [-0.39, 0.29) is 23.7 Å². The molecular weight excluding hydrogens is 367 g/mol. The van der Waals surface area contributed by atoms with Crippen molar-refractivity contribution in [3.63, 3.8) is 0 Å². The molecule has 0 atom stereocenters. The zero-order chi connectivity index (χ0) is 21.3. The van der Waals surface area contributed by atoms with Gasteiger partial charge in [-0.2, -0.15) is 0 Å². The molecule has 0 N–H and O–H groups in total. The molecule has 0 bridgehead atoms. The molecule has 0 amide bonds. The molecule has 2 aliphatic rings. The van der Waals surface area contributed by atoms with Crippen LogP contribution in [0.4, 0.5) is 0 Å². The number of hydrogen-bond donors (Lipinski definition) is 0. The molecule has 1 heterocycles. The van der Waals surface area contributed by atoms with Gasteiger partial charge in [-0.25, -0.2) is 0 Å². The average molecular weight is 396 g/mol. The van der Waals surface area contributed by atoms with E-state index >= 15 is 0 Å². The maximum absolute atomic E-state index is 6.46. The largest absolute Gasteiger partial charge is 0.495 e. The maximum atomic E-state index is 6.46. The lowest BCUT2D eigenvalue weighted by Crippen LogP contribution is -2.41. The minimum Gasteiger partial charge on any atom is -0.399 e. The van der Waals surface area contributed by atoms with E-state index in [0.29, 0.717) is 0 Å². The van der Waals surface area contributed by atoms with E-state index in [4.69, 9.17) is 9.31 Å². The molecule has 0 unspecified atom stereocenters. The summed E-state index contributed by atoms with van der Waals surface area (Å²) in [5, 5.41) is 0. The SMILES string of the molecule is CC1(C)c2c(B3OC(C)(C)C(C)(C)O3)cccc2-c2cccc(-c3ccccc3)c21. The molecule has 1 aliphatic carbocycles. The summed E-state index contributed by atoms with van der Waals surface area (Å²) < 4.78 is 12.9. The highest BCUT2D eigenvalue weighted by atomic mass is 16.7. The quantitative estimate of drug-likeness (QED) is 0.498. The summed E-state index contributed by atoms with van der Waals surface area (Å²) in [5.74, 6) is 0. The highest BCUT2D eigenvalue weighted by Crippen LogP contribution is 2.52. The van der Waals surface area contributed by atoms with Gasteiger partial charge < -0.3 is 9.31 Å². The monoisotopic (exact) mass is 396 g/mol. The van der Waals surface area contributed by atoms with E-state index in [1.807, 2.05) is 0 Å². The van der Waals surface area contributed by atoms with Crippen LogP contribution in [-0.2, 0) is 14.7 Å². The predicted molar refractivity (Wildman–Crippen MR) is 125 cm³/mol. The Hall–Kier alpha value is -2.36. The Morgan fingerprint density at radius 1 is 0.567 bits per heavy atom. The minimum absolute atomic E-state index is 0.155. The molecule has 0 saturated carbocycles. The Balaban J connectivity index is 1.70. The highest BCUT2D eigenvalue weighted by molar-refractivity contribution is 6.63. The summed E-state index contributed by atoms with van der Waals surface area (Å²) in [4.78, 5) is 0. The molecule has 3 aromatic carbocycles. The first kappa shape index (κ1) is 19.6. The fraction of sp³-hybridized carbons (Fsp3) is 0.333. The van der Waals surface area contributed by atoms with E-state index in [2.05, 4.69) is 108 Å². The molecule has 1 aliphatic heterocycles. The van der Waals surface area contributed by atoms with Gasteiger partial charge in [0.2, 0.25) is 0 Å². The molecule has 2 nitrogen and oxygen atoms in total. The van der Waals surface area contributed by atoms with Crippen LogP contribution in [0.25, 0.3) is 22.3 Å². The third-order valence-electron chi connectivity index (χ3n) is 7.29. The van der Waals surface area contributed by atoms with Crippen LogP contribution in [0.1, 0.15) is 52.7 Å². The van der Waals surface area contributed by atoms with Gasteiger partial charge in [0, 0.05) is 5.41 Å². The molecule has 3 heteroatoms. The molecule has 5 rings (SSSR count). The Labute approximate surface area is 180 Å². The van der Waals surface area contributed by atoms with Crippen molar-refractivity contribution >= 4 is 12.6 Å². The van der Waals surface area contributed by atoms with Crippen molar-refractivity contribution in [2.24, 2.45) is 0 Å². The predicted octanol–water partition coefficient (Wildman–Crippen LogP) is 5.96. The first-order chi connectivity index (χ1) is 14.1. The van der Waals surface area contributed by atoms with Crippen molar-refractivity contribution < 1.29 is 9.31 Å². The molecular formula is C27H29BO2. The summed E-state index contributed by atoms with van der Waals surface area (Å²) in [6, 6.07) is 23.9. The van der Waals surface area contributed by atoms with Crippen LogP contribution in [-0.4, -0.2) is 18.3 Å². The van der Waals surface area contributed by atoms with Crippen molar-refractivity contribution in [3.05, 3.63) is 77.9 Å². The molecule has 3 aromatic rings. The van der Waals surface area contributed by atoms with Crippen molar-refractivity contribution in [2.45, 2.75) is 58.2 Å². The summed E-state index contributed by atoms with van der Waals surface area (Å²) in [6.07, 6.45) is 0. The van der Waals surface area contributed by atoms with Gasteiger partial charge in [0.25, 0.3) is 0 Å². The lowest BCUT2D eigenvalue weighted by atomic mass is 9.68. The van der Waals surface area contributed by atoms with Crippen molar-refractivity contribution in [1.82, 2.24) is 0 Å². The summed E-state index contributed by atoms with van der Waals surface area (Å²) >= 11 is 0. The van der Waals surface area contributed by atoms with Gasteiger partial charge in [-0.3, -0.25) is 0 Å². The summed E-state index contributed by atoms with van der Waals surface area (Å²) in [7, 11) is -0.362. The zero-order valence-corrected chi connectivity index (χ0v) is 18.7. The fourth-order valence-electron chi connectivity index (χ4n) is 5.09. The summed E-state index contributed by atoms with van der Waals surface area (Å²) in [5.41, 5.74) is 8.15. The molecule has 1 saturated heterocycles. The normalized spacial score (nSPS) is 20.1. The lowest BCUT2D eigenvalue weighted by Gasteiger charge is -2.32. The molecule has 1 fully saturated rings. The second kappa shape index (κ2) is 6.32. The molecule has 0 aromatic heterocycles. The van der Waals surface area contributed by atoms with E-state index in [0.717, 1.165) is 5.46 Å². The van der Waals surface area contributed by atoms with E-state index < -0.39 is 0 Å². The van der Waals surface area contributed by atoms with Crippen molar-refractivity contribution in [3.8, 4) is 22.3 Å². The van der Waals surface area contributed by atoms with Crippen LogP contribution in [0.5, 0.6) is 0 Å². The third-order valence-corrected chi connectivity index (χ3v) is 7.29. The van der Waals surface area contributed by atoms with Crippen LogP contribution in [0.2, 0.25) is 0 Å². The second-order valence-electron chi connectivity index (χ2n) is 10.1. The second-order valence-corrected chi connectivity index (χ2v) is 10.1. The maximum Gasteiger partial charge on any atom is 0.495 e. The number of benzene rings is 3. The first-order valence-electron chi connectivity index (χ1n) is 10.8. The van der Waals surface area contributed by atoms with E-state index in [9.17, 15) is 0 Å². The lowest BCUT2D eigenvalue weighted by molar-refractivity contribution is 0.00578. The van der Waals surface area contributed by atoms with Crippen molar-refractivity contribution in [1.29, 1.82) is 0 Å². The van der Waals surface area contributed by atoms with Gasteiger partial charge in [0.05, 0.1) is 11.2 Å². The van der Waals surface area contributed by atoms with Crippen LogP contribution in [0.3, 0.4) is 0 Å². The minimum atomic E-state index is -0.362. The van der Waals surface area contributed by atoms with Gasteiger partial charge in [-0.15, -0.1) is 0 Å². The molecule has 0 radical (unpaired) electrons. The smallest absolute Gasteiger partial charge is 0.399 e. The van der Waals surface area contributed by atoms with E-state index in [1.165, 1.54) is 33.4 Å². The zero-order valence-electron chi connectivity index (χ0n) is 18.7. The van der Waals surface area contributed by atoms with E-state index in [1.54, 1.807) is 0 Å². The third kappa shape index (κ3) is 2.65. The van der Waals surface area contributed by atoms with Gasteiger partial charge in [-0.05, 0) is 66.5 Å². The standard InChI is InChI=1S/C27H29BO2/c1-25(2)23-19(18-12-8-7-9-13-18)14-10-15-20(23)21-16-11-17-22(24(21)25)28-29-26(3,4)27(5,6)30-28/h7-17H,1-6H3. The Morgan fingerprint density at radius 3 is 1.73 bits per heavy atom. The Kier molecular flexibility index (Phi) is 4.13. The summed E-state index contributed by atoms with van der Waals surface area (Å²) in [6.45, 7) is 13.1. The van der Waals surface area contributed by atoms with Gasteiger partial charge in [-0.1, -0.05) is 80.6 Å². The van der Waals surface area contributed by atoms with Gasteiger partial charge in [0.15, 0.2) is 0 Å². The molecule has 0 spiro atoms. The molecule has 152 valence electrons.